The molecule has 0 saturated carbocycles. The molecule has 6 nitrogen and oxygen atoms in total. The summed E-state index contributed by atoms with van der Waals surface area (Å²) in [6.07, 6.45) is 1.73. The number of Topliss-reactive ketones (excluding diaryl/α,β-unsaturated/α-hetero) is 1. The van der Waals surface area contributed by atoms with Crippen LogP contribution in [0.1, 0.15) is 16.2 Å². The van der Waals surface area contributed by atoms with E-state index in [0.29, 0.717) is 18.7 Å². The minimum absolute atomic E-state index is 0.112. The molecule has 0 amide bonds. The zero-order chi connectivity index (χ0) is 13.9. The molecule has 2 heterocycles. The molecule has 1 aliphatic heterocycles. The number of fused-ring (bicyclic) bond motifs is 1. The predicted octanol–water partition coefficient (Wildman–Crippen LogP) is 0.985. The SMILES string of the molecule is COc1ccc(C(=O)CN2CCn3cnnc3C2)cc1. The fraction of sp³-hybridized carbons (Fsp3) is 0.357. The molecule has 1 aromatic heterocycles. The van der Waals surface area contributed by atoms with Crippen LogP contribution in [0.25, 0.3) is 0 Å². The lowest BCUT2D eigenvalue weighted by molar-refractivity contribution is 0.0908. The van der Waals surface area contributed by atoms with E-state index in [0.717, 1.165) is 24.7 Å². The fourth-order valence-corrected chi connectivity index (χ4v) is 2.32. The minimum Gasteiger partial charge on any atom is -0.497 e. The molecule has 0 atom stereocenters. The first-order chi connectivity index (χ1) is 9.76. The Bertz CT molecular complexity index is 606. The largest absolute Gasteiger partial charge is 0.497 e. The normalized spacial score (nSPS) is 14.8. The third kappa shape index (κ3) is 2.55. The summed E-state index contributed by atoms with van der Waals surface area (Å²) in [5.74, 6) is 1.78. The number of benzene rings is 1. The Morgan fingerprint density at radius 2 is 2.10 bits per heavy atom. The zero-order valence-corrected chi connectivity index (χ0v) is 11.3. The van der Waals surface area contributed by atoms with E-state index in [1.54, 1.807) is 37.7 Å². The Morgan fingerprint density at radius 3 is 2.85 bits per heavy atom. The van der Waals surface area contributed by atoms with Crippen LogP contribution in [0.2, 0.25) is 0 Å². The minimum atomic E-state index is 0.112. The molecule has 0 bridgehead atoms. The van der Waals surface area contributed by atoms with E-state index >= 15 is 0 Å². The summed E-state index contributed by atoms with van der Waals surface area (Å²) < 4.78 is 7.11. The number of ketones is 1. The van der Waals surface area contributed by atoms with Gasteiger partial charge >= 0.3 is 0 Å². The standard InChI is InChI=1S/C14H16N4O2/c1-20-12-4-2-11(3-5-12)13(19)8-17-6-7-18-10-15-16-14(18)9-17/h2-5,10H,6-9H2,1H3. The van der Waals surface area contributed by atoms with Gasteiger partial charge < -0.3 is 9.30 Å². The van der Waals surface area contributed by atoms with Crippen LogP contribution >= 0.6 is 0 Å². The van der Waals surface area contributed by atoms with Crippen LogP contribution in [0.15, 0.2) is 30.6 Å². The monoisotopic (exact) mass is 272 g/mol. The number of hydrogen-bond acceptors (Lipinski definition) is 5. The first-order valence-corrected chi connectivity index (χ1v) is 6.52. The Hall–Kier alpha value is -2.21. The molecule has 0 spiro atoms. The summed E-state index contributed by atoms with van der Waals surface area (Å²) in [5.41, 5.74) is 0.706. The van der Waals surface area contributed by atoms with E-state index in [9.17, 15) is 4.79 Å². The number of aromatic nitrogens is 3. The van der Waals surface area contributed by atoms with Gasteiger partial charge in [0.1, 0.15) is 17.9 Å². The Kier molecular flexibility index (Phi) is 3.47. The second-order valence-electron chi connectivity index (χ2n) is 4.80. The second-order valence-corrected chi connectivity index (χ2v) is 4.80. The average molecular weight is 272 g/mol. The summed E-state index contributed by atoms with van der Waals surface area (Å²) in [5, 5.41) is 7.94. The molecular weight excluding hydrogens is 256 g/mol. The van der Waals surface area contributed by atoms with Crippen LogP contribution in [-0.2, 0) is 13.1 Å². The van der Waals surface area contributed by atoms with Gasteiger partial charge in [-0.05, 0) is 24.3 Å². The average Bonchev–Trinajstić information content (AvgIpc) is 2.95. The van der Waals surface area contributed by atoms with Crippen molar-refractivity contribution in [2.45, 2.75) is 13.1 Å². The Balaban J connectivity index is 1.64. The smallest absolute Gasteiger partial charge is 0.176 e. The van der Waals surface area contributed by atoms with Crippen molar-refractivity contribution in [3.8, 4) is 5.75 Å². The molecule has 0 saturated heterocycles. The van der Waals surface area contributed by atoms with Gasteiger partial charge in [0, 0.05) is 18.7 Å². The van der Waals surface area contributed by atoms with Gasteiger partial charge in [-0.15, -0.1) is 10.2 Å². The highest BCUT2D eigenvalue weighted by Gasteiger charge is 2.20. The highest BCUT2D eigenvalue weighted by Crippen LogP contribution is 2.14. The molecule has 0 fully saturated rings. The van der Waals surface area contributed by atoms with Gasteiger partial charge in [0.25, 0.3) is 0 Å². The van der Waals surface area contributed by atoms with E-state index in [2.05, 4.69) is 15.1 Å². The molecule has 1 aromatic carbocycles. The Labute approximate surface area is 117 Å². The van der Waals surface area contributed by atoms with Crippen molar-refractivity contribution < 1.29 is 9.53 Å². The van der Waals surface area contributed by atoms with Crippen molar-refractivity contribution in [3.05, 3.63) is 42.0 Å². The van der Waals surface area contributed by atoms with Crippen molar-refractivity contribution >= 4 is 5.78 Å². The van der Waals surface area contributed by atoms with E-state index in [4.69, 9.17) is 4.74 Å². The molecule has 0 N–H and O–H groups in total. The second kappa shape index (κ2) is 5.42. The van der Waals surface area contributed by atoms with E-state index in [1.807, 2.05) is 4.57 Å². The first-order valence-electron chi connectivity index (χ1n) is 6.52. The lowest BCUT2D eigenvalue weighted by Gasteiger charge is -2.26. The van der Waals surface area contributed by atoms with Gasteiger partial charge in [0.15, 0.2) is 5.78 Å². The van der Waals surface area contributed by atoms with E-state index < -0.39 is 0 Å². The molecule has 0 unspecified atom stereocenters. The van der Waals surface area contributed by atoms with Gasteiger partial charge in [-0.3, -0.25) is 9.69 Å². The highest BCUT2D eigenvalue weighted by molar-refractivity contribution is 5.97. The maximum Gasteiger partial charge on any atom is 0.176 e. The highest BCUT2D eigenvalue weighted by atomic mass is 16.5. The quantitative estimate of drug-likeness (QED) is 0.777. The van der Waals surface area contributed by atoms with Crippen LogP contribution in [0, 0.1) is 0 Å². The first kappa shape index (κ1) is 12.8. The van der Waals surface area contributed by atoms with E-state index in [-0.39, 0.29) is 5.78 Å². The van der Waals surface area contributed by atoms with Crippen LogP contribution in [-0.4, -0.2) is 45.6 Å². The number of carbonyl (C=O) groups is 1. The van der Waals surface area contributed by atoms with E-state index in [1.165, 1.54) is 0 Å². The third-order valence-corrected chi connectivity index (χ3v) is 3.50. The van der Waals surface area contributed by atoms with Crippen LogP contribution in [0.5, 0.6) is 5.75 Å². The third-order valence-electron chi connectivity index (χ3n) is 3.50. The maximum atomic E-state index is 12.2. The summed E-state index contributed by atoms with van der Waals surface area (Å²) >= 11 is 0. The van der Waals surface area contributed by atoms with Gasteiger partial charge in [0.05, 0.1) is 20.2 Å². The summed E-state index contributed by atoms with van der Waals surface area (Å²) in [6.45, 7) is 2.74. The number of rotatable bonds is 4. The lowest BCUT2D eigenvalue weighted by Crippen LogP contribution is -2.37. The number of hydrogen-bond donors (Lipinski definition) is 0. The maximum absolute atomic E-state index is 12.2. The number of nitrogens with zero attached hydrogens (tertiary/aromatic N) is 4. The molecule has 6 heteroatoms. The molecular formula is C14H16N4O2. The molecule has 104 valence electrons. The van der Waals surface area contributed by atoms with Crippen LogP contribution in [0.3, 0.4) is 0 Å². The zero-order valence-electron chi connectivity index (χ0n) is 11.3. The molecule has 3 rings (SSSR count). The summed E-state index contributed by atoms with van der Waals surface area (Å²) in [6, 6.07) is 7.21. The number of ether oxygens (including phenoxy) is 1. The fourth-order valence-electron chi connectivity index (χ4n) is 2.32. The van der Waals surface area contributed by atoms with Crippen molar-refractivity contribution in [3.63, 3.8) is 0 Å². The van der Waals surface area contributed by atoms with Crippen molar-refractivity contribution in [1.29, 1.82) is 0 Å². The van der Waals surface area contributed by atoms with Crippen molar-refractivity contribution in [2.75, 3.05) is 20.2 Å². The summed E-state index contributed by atoms with van der Waals surface area (Å²) in [4.78, 5) is 14.3. The molecule has 0 aliphatic carbocycles. The van der Waals surface area contributed by atoms with Gasteiger partial charge in [-0.25, -0.2) is 0 Å². The van der Waals surface area contributed by atoms with Gasteiger partial charge in [-0.1, -0.05) is 0 Å². The van der Waals surface area contributed by atoms with Crippen molar-refractivity contribution in [1.82, 2.24) is 19.7 Å². The van der Waals surface area contributed by atoms with Gasteiger partial charge in [0.2, 0.25) is 0 Å². The molecule has 0 radical (unpaired) electrons. The van der Waals surface area contributed by atoms with Gasteiger partial charge in [-0.2, -0.15) is 0 Å². The predicted molar refractivity (Wildman–Crippen MR) is 72.6 cm³/mol. The molecule has 20 heavy (non-hydrogen) atoms. The van der Waals surface area contributed by atoms with Crippen LogP contribution < -0.4 is 4.74 Å². The number of carbonyl (C=O) groups excluding carboxylic acids is 1. The topological polar surface area (TPSA) is 60.2 Å². The van der Waals surface area contributed by atoms with Crippen LogP contribution in [0.4, 0.5) is 0 Å². The number of methoxy groups -OCH3 is 1. The molecule has 2 aromatic rings. The van der Waals surface area contributed by atoms with Crippen molar-refractivity contribution in [2.24, 2.45) is 0 Å². The molecule has 1 aliphatic rings. The summed E-state index contributed by atoms with van der Waals surface area (Å²) in [7, 11) is 1.61. The Morgan fingerprint density at radius 1 is 1.30 bits per heavy atom. The lowest BCUT2D eigenvalue weighted by atomic mass is 10.1.